The van der Waals surface area contributed by atoms with Gasteiger partial charge in [-0.25, -0.2) is 0 Å². The number of nitro benzene ring substituents is 1. The molecule has 0 aliphatic heterocycles. The van der Waals surface area contributed by atoms with Crippen molar-refractivity contribution in [1.82, 2.24) is 4.57 Å². The van der Waals surface area contributed by atoms with E-state index in [-0.39, 0.29) is 28.5 Å². The van der Waals surface area contributed by atoms with Gasteiger partial charge in [0.2, 0.25) is 0 Å². The predicted octanol–water partition coefficient (Wildman–Crippen LogP) is 1.85. The molecule has 1 aromatic carbocycles. The number of carbonyl (C=O) groups excluding carboxylic acids is 1. The Balaban J connectivity index is 2.38. The lowest BCUT2D eigenvalue weighted by atomic mass is 9.93. The number of nitrogens with zero attached hydrogens (tertiary/aromatic N) is 2. The first-order valence-corrected chi connectivity index (χ1v) is 6.82. The Labute approximate surface area is 125 Å². The average molecular weight is 299 g/mol. The number of hydrogen-bond acceptors (Lipinski definition) is 5. The zero-order valence-corrected chi connectivity index (χ0v) is 11.6. The van der Waals surface area contributed by atoms with Gasteiger partial charge in [0.1, 0.15) is 11.5 Å². The average Bonchev–Trinajstić information content (AvgIpc) is 2.47. The van der Waals surface area contributed by atoms with Crippen LogP contribution < -0.4 is 11.2 Å². The normalized spacial score (nSPS) is 13.7. The van der Waals surface area contributed by atoms with Crippen LogP contribution in [-0.2, 0) is 6.42 Å². The first-order valence-electron chi connectivity index (χ1n) is 6.82. The summed E-state index contributed by atoms with van der Waals surface area (Å²) < 4.78 is 1.45. The minimum Gasteiger partial charge on any atom is -0.385 e. The van der Waals surface area contributed by atoms with Crippen molar-refractivity contribution in [2.24, 2.45) is 0 Å². The molecular formula is C15H13N3O4. The van der Waals surface area contributed by atoms with Crippen LogP contribution in [-0.4, -0.2) is 15.3 Å². The van der Waals surface area contributed by atoms with E-state index in [1.165, 1.54) is 10.6 Å². The van der Waals surface area contributed by atoms with Crippen molar-refractivity contribution < 1.29 is 9.72 Å². The van der Waals surface area contributed by atoms with Gasteiger partial charge in [-0.1, -0.05) is 12.1 Å². The summed E-state index contributed by atoms with van der Waals surface area (Å²) in [5.41, 5.74) is 6.18. The highest BCUT2D eigenvalue weighted by atomic mass is 16.6. The number of carbonyl (C=O) groups is 1. The fourth-order valence-corrected chi connectivity index (χ4v) is 2.85. The lowest BCUT2D eigenvalue weighted by Crippen LogP contribution is -2.27. The summed E-state index contributed by atoms with van der Waals surface area (Å²) in [6, 6.07) is 7.27. The Morgan fingerprint density at radius 3 is 2.64 bits per heavy atom. The number of para-hydroxylation sites is 2. The van der Waals surface area contributed by atoms with Crippen molar-refractivity contribution in [3.8, 4) is 5.69 Å². The van der Waals surface area contributed by atoms with Crippen molar-refractivity contribution in [3.05, 3.63) is 61.9 Å². The number of fused-ring (bicyclic) bond motifs is 1. The number of pyridine rings is 1. The topological polar surface area (TPSA) is 108 Å². The van der Waals surface area contributed by atoms with Crippen LogP contribution >= 0.6 is 0 Å². The second-order valence-electron chi connectivity index (χ2n) is 5.11. The first-order chi connectivity index (χ1) is 10.5. The van der Waals surface area contributed by atoms with E-state index in [0.717, 1.165) is 6.07 Å². The van der Waals surface area contributed by atoms with Gasteiger partial charge in [-0.15, -0.1) is 0 Å². The largest absolute Gasteiger partial charge is 0.385 e. The third kappa shape index (κ3) is 2.07. The molecule has 1 aliphatic rings. The maximum absolute atomic E-state index is 12.0. The summed E-state index contributed by atoms with van der Waals surface area (Å²) in [5, 5.41) is 11.2. The van der Waals surface area contributed by atoms with Gasteiger partial charge in [-0.05, 0) is 18.9 Å². The molecule has 0 unspecified atom stereocenters. The van der Waals surface area contributed by atoms with Crippen LogP contribution in [0.2, 0.25) is 0 Å². The summed E-state index contributed by atoms with van der Waals surface area (Å²) in [4.78, 5) is 34.8. The zero-order chi connectivity index (χ0) is 15.9. The molecule has 2 aromatic rings. The molecule has 22 heavy (non-hydrogen) atoms. The third-order valence-electron chi connectivity index (χ3n) is 3.76. The van der Waals surface area contributed by atoms with Crippen LogP contribution in [0, 0.1) is 10.1 Å². The monoisotopic (exact) mass is 299 g/mol. The first kappa shape index (κ1) is 14.0. The van der Waals surface area contributed by atoms with Crippen LogP contribution in [0.4, 0.5) is 11.5 Å². The molecule has 0 saturated heterocycles. The van der Waals surface area contributed by atoms with Gasteiger partial charge in [0.15, 0.2) is 11.2 Å². The molecule has 1 heterocycles. The highest BCUT2D eigenvalue weighted by Gasteiger charge is 2.27. The Morgan fingerprint density at radius 2 is 1.91 bits per heavy atom. The molecule has 0 bridgehead atoms. The Morgan fingerprint density at radius 1 is 1.18 bits per heavy atom. The molecule has 0 saturated carbocycles. The van der Waals surface area contributed by atoms with E-state index in [0.29, 0.717) is 25.0 Å². The van der Waals surface area contributed by atoms with E-state index < -0.39 is 10.4 Å². The molecule has 7 heteroatoms. The Kier molecular flexibility index (Phi) is 3.25. The lowest BCUT2D eigenvalue weighted by Gasteiger charge is -2.22. The standard InChI is InChI=1S/C15H13N3O4/c16-14-8-13(20)15-11(6-3-7-12(15)19)17(14)9-4-1-2-5-10(9)18(21)22/h1-2,4-5,8H,3,6-7,16H2. The van der Waals surface area contributed by atoms with Crippen LogP contribution in [0.1, 0.15) is 28.9 Å². The van der Waals surface area contributed by atoms with Crippen LogP contribution in [0.25, 0.3) is 5.69 Å². The summed E-state index contributed by atoms with van der Waals surface area (Å²) in [7, 11) is 0. The Bertz CT molecular complexity index is 854. The van der Waals surface area contributed by atoms with Gasteiger partial charge < -0.3 is 5.73 Å². The second kappa shape index (κ2) is 5.10. The predicted molar refractivity (Wildman–Crippen MR) is 80.4 cm³/mol. The molecule has 0 spiro atoms. The maximum Gasteiger partial charge on any atom is 0.293 e. The van der Waals surface area contributed by atoms with Gasteiger partial charge in [-0.3, -0.25) is 24.3 Å². The number of ketones is 1. The highest BCUT2D eigenvalue weighted by molar-refractivity contribution is 5.98. The summed E-state index contributed by atoms with van der Waals surface area (Å²) in [5.74, 6) is -0.147. The summed E-state index contributed by atoms with van der Waals surface area (Å²) >= 11 is 0. The van der Waals surface area contributed by atoms with Gasteiger partial charge in [0, 0.05) is 24.2 Å². The van der Waals surface area contributed by atoms with Gasteiger partial charge in [0.25, 0.3) is 5.69 Å². The number of nitrogen functional groups attached to an aromatic ring is 1. The number of rotatable bonds is 2. The van der Waals surface area contributed by atoms with E-state index in [1.54, 1.807) is 18.2 Å². The fraction of sp³-hybridized carbons (Fsp3) is 0.200. The molecular weight excluding hydrogens is 286 g/mol. The zero-order valence-electron chi connectivity index (χ0n) is 11.6. The molecule has 0 fully saturated rings. The molecule has 112 valence electrons. The van der Waals surface area contributed by atoms with E-state index in [4.69, 9.17) is 5.73 Å². The SMILES string of the molecule is Nc1cc(=O)c2c(n1-c1ccccc1[N+](=O)[O-])CCCC2=O. The summed E-state index contributed by atoms with van der Waals surface area (Å²) in [6.07, 6.45) is 1.38. The minimum absolute atomic E-state index is 0.0905. The number of nitrogens with two attached hydrogens (primary N) is 1. The third-order valence-corrected chi connectivity index (χ3v) is 3.76. The lowest BCUT2D eigenvalue weighted by molar-refractivity contribution is -0.384. The van der Waals surface area contributed by atoms with Crippen molar-refractivity contribution in [2.75, 3.05) is 5.73 Å². The minimum atomic E-state index is -0.510. The molecule has 0 amide bonds. The number of Topliss-reactive ketones (excluding diaryl/α,β-unsaturated/α-hetero) is 1. The molecule has 2 N–H and O–H groups in total. The highest BCUT2D eigenvalue weighted by Crippen LogP contribution is 2.29. The number of anilines is 1. The van der Waals surface area contributed by atoms with Crippen molar-refractivity contribution >= 4 is 17.3 Å². The molecule has 3 rings (SSSR count). The van der Waals surface area contributed by atoms with Gasteiger partial charge >= 0.3 is 0 Å². The van der Waals surface area contributed by atoms with Gasteiger partial charge in [-0.2, -0.15) is 0 Å². The molecule has 7 nitrogen and oxygen atoms in total. The molecule has 1 aromatic heterocycles. The quantitative estimate of drug-likeness (QED) is 0.672. The molecule has 1 aliphatic carbocycles. The maximum atomic E-state index is 12.0. The summed E-state index contributed by atoms with van der Waals surface area (Å²) in [6.45, 7) is 0. The number of aromatic nitrogens is 1. The van der Waals surface area contributed by atoms with Crippen LogP contribution in [0.3, 0.4) is 0 Å². The van der Waals surface area contributed by atoms with E-state index in [9.17, 15) is 19.7 Å². The van der Waals surface area contributed by atoms with Crippen LogP contribution in [0.5, 0.6) is 0 Å². The number of nitro groups is 1. The molecule has 0 atom stereocenters. The van der Waals surface area contributed by atoms with Crippen molar-refractivity contribution in [3.63, 3.8) is 0 Å². The van der Waals surface area contributed by atoms with Crippen LogP contribution in [0.15, 0.2) is 35.1 Å². The fourth-order valence-electron chi connectivity index (χ4n) is 2.85. The number of benzene rings is 1. The van der Waals surface area contributed by atoms with Crippen molar-refractivity contribution in [1.29, 1.82) is 0 Å². The van der Waals surface area contributed by atoms with E-state index in [2.05, 4.69) is 0 Å². The smallest absolute Gasteiger partial charge is 0.293 e. The number of hydrogen-bond donors (Lipinski definition) is 1. The van der Waals surface area contributed by atoms with Gasteiger partial charge in [0.05, 0.1) is 10.5 Å². The van der Waals surface area contributed by atoms with E-state index in [1.807, 2.05) is 0 Å². The second-order valence-corrected chi connectivity index (χ2v) is 5.11. The van der Waals surface area contributed by atoms with Crippen molar-refractivity contribution in [2.45, 2.75) is 19.3 Å². The Hall–Kier alpha value is -2.96. The van der Waals surface area contributed by atoms with E-state index >= 15 is 0 Å². The molecule has 0 radical (unpaired) electrons.